The van der Waals surface area contributed by atoms with Crippen molar-refractivity contribution in [2.24, 2.45) is 11.1 Å². The van der Waals surface area contributed by atoms with E-state index in [1.165, 1.54) is 0 Å². The SMILES string of the molecule is CC(C)(C)OC(=O)N1CCC(=NO)CC1.Cl.NO. The highest BCUT2D eigenvalue weighted by Gasteiger charge is 2.25. The molecule has 0 radical (unpaired) electrons. The second-order valence-electron chi connectivity index (χ2n) is 4.63. The maximum atomic E-state index is 11.6. The minimum atomic E-state index is -0.456. The molecule has 1 rings (SSSR count). The van der Waals surface area contributed by atoms with E-state index >= 15 is 0 Å². The van der Waals surface area contributed by atoms with Gasteiger partial charge in [-0.1, -0.05) is 5.16 Å². The highest BCUT2D eigenvalue weighted by Crippen LogP contribution is 2.13. The fraction of sp³-hybridized carbons (Fsp3) is 0.800. The Bertz CT molecular complexity index is 269. The minimum absolute atomic E-state index is 0. The summed E-state index contributed by atoms with van der Waals surface area (Å²) in [7, 11) is 0. The van der Waals surface area contributed by atoms with Crippen LogP contribution in [0.2, 0.25) is 0 Å². The van der Waals surface area contributed by atoms with Crippen LogP contribution in [0.3, 0.4) is 0 Å². The van der Waals surface area contributed by atoms with Crippen LogP contribution >= 0.6 is 12.4 Å². The zero-order valence-electron chi connectivity index (χ0n) is 10.9. The van der Waals surface area contributed by atoms with Gasteiger partial charge in [0.1, 0.15) is 5.60 Å². The van der Waals surface area contributed by atoms with E-state index in [-0.39, 0.29) is 18.5 Å². The summed E-state index contributed by atoms with van der Waals surface area (Å²) in [6.45, 7) is 6.66. The van der Waals surface area contributed by atoms with Crippen molar-refractivity contribution in [3.05, 3.63) is 0 Å². The lowest BCUT2D eigenvalue weighted by atomic mass is 10.1. The van der Waals surface area contributed by atoms with Crippen molar-refractivity contribution < 1.29 is 19.9 Å². The number of piperidine rings is 1. The van der Waals surface area contributed by atoms with E-state index in [0.29, 0.717) is 25.9 Å². The summed E-state index contributed by atoms with van der Waals surface area (Å²) in [6, 6.07) is 0. The van der Waals surface area contributed by atoms with Crippen LogP contribution in [0.1, 0.15) is 33.6 Å². The van der Waals surface area contributed by atoms with Gasteiger partial charge in [-0.15, -0.1) is 12.4 Å². The van der Waals surface area contributed by atoms with Gasteiger partial charge < -0.3 is 20.1 Å². The molecule has 0 aliphatic carbocycles. The Morgan fingerprint density at radius 1 is 1.33 bits per heavy atom. The molecule has 1 aliphatic rings. The standard InChI is InChI=1S/C10H18N2O3.ClH.H3NO/c1-10(2,3)15-9(13)12-6-4-8(11-14)5-7-12;;1-2/h14H,4-7H2,1-3H3;1H;2H,1H2. The molecule has 1 aliphatic heterocycles. The number of ether oxygens (including phenoxy) is 1. The quantitative estimate of drug-likeness (QED) is 0.462. The van der Waals surface area contributed by atoms with Gasteiger partial charge in [0.25, 0.3) is 0 Å². The fourth-order valence-corrected chi connectivity index (χ4v) is 1.37. The third-order valence-corrected chi connectivity index (χ3v) is 2.13. The summed E-state index contributed by atoms with van der Waals surface area (Å²) < 4.78 is 5.23. The van der Waals surface area contributed by atoms with Gasteiger partial charge in [0.15, 0.2) is 0 Å². The average Bonchev–Trinajstić information content (AvgIpc) is 2.29. The van der Waals surface area contributed by atoms with E-state index in [1.54, 1.807) is 4.90 Å². The number of hydrogen-bond donors (Lipinski definition) is 3. The molecule has 8 heteroatoms. The Morgan fingerprint density at radius 3 is 2.11 bits per heavy atom. The average molecular weight is 284 g/mol. The Morgan fingerprint density at radius 2 is 1.78 bits per heavy atom. The van der Waals surface area contributed by atoms with Crippen molar-refractivity contribution in [3.8, 4) is 0 Å². The number of rotatable bonds is 0. The van der Waals surface area contributed by atoms with Gasteiger partial charge >= 0.3 is 6.09 Å². The first kappa shape index (κ1) is 19.3. The van der Waals surface area contributed by atoms with Crippen molar-refractivity contribution in [3.63, 3.8) is 0 Å². The van der Waals surface area contributed by atoms with Crippen LogP contribution < -0.4 is 5.90 Å². The van der Waals surface area contributed by atoms with Gasteiger partial charge in [-0.05, 0) is 20.8 Å². The maximum Gasteiger partial charge on any atom is 0.410 e. The second kappa shape index (κ2) is 8.96. The molecule has 0 aromatic carbocycles. The Balaban J connectivity index is 0. The molecular formula is C10H22ClN3O4. The first-order valence-electron chi connectivity index (χ1n) is 5.36. The van der Waals surface area contributed by atoms with Crippen LogP contribution in [-0.4, -0.2) is 45.8 Å². The first-order chi connectivity index (χ1) is 7.92. The Kier molecular flexibility index (Phi) is 9.60. The first-order valence-corrected chi connectivity index (χ1v) is 5.36. The molecule has 0 unspecified atom stereocenters. The molecule has 108 valence electrons. The predicted octanol–water partition coefficient (Wildman–Crippen LogP) is 1.60. The van der Waals surface area contributed by atoms with Crippen molar-refractivity contribution >= 4 is 24.2 Å². The van der Waals surface area contributed by atoms with Crippen molar-refractivity contribution in [1.29, 1.82) is 0 Å². The van der Waals surface area contributed by atoms with Gasteiger partial charge in [-0.2, -0.15) is 0 Å². The number of carbonyl (C=O) groups excluding carboxylic acids is 1. The number of hydrogen-bond acceptors (Lipinski definition) is 6. The van der Waals surface area contributed by atoms with E-state index in [9.17, 15) is 4.79 Å². The lowest BCUT2D eigenvalue weighted by Gasteiger charge is -2.30. The van der Waals surface area contributed by atoms with Crippen molar-refractivity contribution in [2.75, 3.05) is 13.1 Å². The van der Waals surface area contributed by atoms with Gasteiger partial charge in [0.05, 0.1) is 5.71 Å². The number of oxime groups is 1. The van der Waals surface area contributed by atoms with Gasteiger partial charge in [-0.3, -0.25) is 0 Å². The molecule has 0 aromatic rings. The second-order valence-corrected chi connectivity index (χ2v) is 4.63. The van der Waals surface area contributed by atoms with Crippen LogP contribution in [0.5, 0.6) is 0 Å². The molecule has 7 nitrogen and oxygen atoms in total. The van der Waals surface area contributed by atoms with Crippen LogP contribution in [0.4, 0.5) is 4.79 Å². The zero-order valence-corrected chi connectivity index (χ0v) is 11.7. The van der Waals surface area contributed by atoms with E-state index in [0.717, 1.165) is 5.71 Å². The van der Waals surface area contributed by atoms with Crippen molar-refractivity contribution in [2.45, 2.75) is 39.2 Å². The van der Waals surface area contributed by atoms with Gasteiger partial charge in [0.2, 0.25) is 0 Å². The Labute approximate surface area is 113 Å². The van der Waals surface area contributed by atoms with E-state index < -0.39 is 5.60 Å². The molecular weight excluding hydrogens is 262 g/mol. The third-order valence-electron chi connectivity index (χ3n) is 2.13. The minimum Gasteiger partial charge on any atom is -0.444 e. The van der Waals surface area contributed by atoms with E-state index in [4.69, 9.17) is 15.2 Å². The lowest BCUT2D eigenvalue weighted by Crippen LogP contribution is -2.41. The number of carbonyl (C=O) groups is 1. The van der Waals surface area contributed by atoms with Crippen LogP contribution in [-0.2, 0) is 4.74 Å². The molecule has 1 heterocycles. The monoisotopic (exact) mass is 283 g/mol. The van der Waals surface area contributed by atoms with Gasteiger partial charge in [-0.25, -0.2) is 10.7 Å². The molecule has 0 saturated carbocycles. The topological polar surface area (TPSA) is 108 Å². The maximum absolute atomic E-state index is 11.6. The summed E-state index contributed by atoms with van der Waals surface area (Å²) in [5.41, 5.74) is 0.289. The number of nitrogens with zero attached hydrogens (tertiary/aromatic N) is 2. The number of likely N-dealkylation sites (tertiary alicyclic amines) is 1. The summed E-state index contributed by atoms with van der Waals surface area (Å²) >= 11 is 0. The van der Waals surface area contributed by atoms with E-state index in [2.05, 4.69) is 11.1 Å². The molecule has 0 atom stereocenters. The van der Waals surface area contributed by atoms with E-state index in [1.807, 2.05) is 20.8 Å². The summed E-state index contributed by atoms with van der Waals surface area (Å²) in [4.78, 5) is 13.2. The van der Waals surface area contributed by atoms with Crippen LogP contribution in [0, 0.1) is 0 Å². The fourth-order valence-electron chi connectivity index (χ4n) is 1.37. The largest absolute Gasteiger partial charge is 0.444 e. The normalized spacial score (nSPS) is 14.9. The molecule has 0 aromatic heterocycles. The highest BCUT2D eigenvalue weighted by molar-refractivity contribution is 5.86. The third kappa shape index (κ3) is 7.31. The summed E-state index contributed by atoms with van der Waals surface area (Å²) in [5.74, 6) is 3.50. The molecule has 1 saturated heterocycles. The van der Waals surface area contributed by atoms with Gasteiger partial charge in [0, 0.05) is 25.9 Å². The lowest BCUT2D eigenvalue weighted by molar-refractivity contribution is 0.0248. The predicted molar refractivity (Wildman–Crippen MR) is 69.5 cm³/mol. The molecule has 0 spiro atoms. The number of nitrogens with two attached hydrogens (primary N) is 1. The number of amides is 1. The molecule has 4 N–H and O–H groups in total. The molecule has 1 fully saturated rings. The summed E-state index contributed by atoms with van der Waals surface area (Å²) in [5, 5.41) is 18.2. The molecule has 1 amide bonds. The van der Waals surface area contributed by atoms with Crippen LogP contribution in [0.25, 0.3) is 0 Å². The summed E-state index contributed by atoms with van der Waals surface area (Å²) in [6.07, 6.45) is 0.949. The Hall–Kier alpha value is -1.05. The smallest absolute Gasteiger partial charge is 0.410 e. The number of halogens is 1. The molecule has 18 heavy (non-hydrogen) atoms. The molecule has 0 bridgehead atoms. The van der Waals surface area contributed by atoms with Crippen LogP contribution in [0.15, 0.2) is 5.16 Å². The van der Waals surface area contributed by atoms with Crippen molar-refractivity contribution in [1.82, 2.24) is 4.90 Å². The highest BCUT2D eigenvalue weighted by atomic mass is 35.5. The zero-order chi connectivity index (χ0) is 13.5.